The summed E-state index contributed by atoms with van der Waals surface area (Å²) < 4.78 is 0.787. The maximum absolute atomic E-state index is 12.2. The topological polar surface area (TPSA) is 130 Å². The third-order valence-electron chi connectivity index (χ3n) is 3.71. The van der Waals surface area contributed by atoms with Crippen LogP contribution in [0.25, 0.3) is 0 Å². The molecule has 2 amide bonds. The highest BCUT2D eigenvalue weighted by Crippen LogP contribution is 2.25. The van der Waals surface area contributed by atoms with E-state index in [1.165, 1.54) is 17.4 Å². The Balaban J connectivity index is 1.50. The largest absolute Gasteiger partial charge is 0.352 e. The van der Waals surface area contributed by atoms with Crippen molar-refractivity contribution < 1.29 is 9.59 Å². The molecule has 0 radical (unpaired) electrons. The van der Waals surface area contributed by atoms with Gasteiger partial charge in [-0.05, 0) is 11.3 Å². The van der Waals surface area contributed by atoms with E-state index >= 15 is 0 Å². The molecule has 2 heterocycles. The van der Waals surface area contributed by atoms with E-state index in [4.69, 9.17) is 0 Å². The minimum absolute atomic E-state index is 0.0286. The van der Waals surface area contributed by atoms with E-state index in [0.717, 1.165) is 27.4 Å². The monoisotopic (exact) mass is 476 g/mol. The summed E-state index contributed by atoms with van der Waals surface area (Å²) in [6.07, 6.45) is -0.0286. The molecule has 3 rings (SSSR count). The number of aromatic amines is 1. The summed E-state index contributed by atoms with van der Waals surface area (Å²) in [7, 11) is 0. The molecule has 0 saturated heterocycles. The van der Waals surface area contributed by atoms with Crippen LogP contribution >= 0.6 is 34.9 Å². The van der Waals surface area contributed by atoms with Gasteiger partial charge in [-0.1, -0.05) is 72.1 Å². The second-order valence-corrected chi connectivity index (χ2v) is 9.58. The number of carbonyl (C=O) groups is 2. The zero-order valence-electron chi connectivity index (χ0n) is 16.6. The second kappa shape index (κ2) is 11.6. The molecule has 0 bridgehead atoms. The van der Waals surface area contributed by atoms with Crippen molar-refractivity contribution in [2.24, 2.45) is 0 Å². The molecule has 3 aromatic rings. The first kappa shape index (κ1) is 23.0. The van der Waals surface area contributed by atoms with Gasteiger partial charge in [-0.25, -0.2) is 4.98 Å². The predicted octanol–water partition coefficient (Wildman–Crippen LogP) is 2.32. The van der Waals surface area contributed by atoms with Crippen LogP contribution in [-0.4, -0.2) is 43.5 Å². The Bertz CT molecular complexity index is 1090. The van der Waals surface area contributed by atoms with Gasteiger partial charge in [-0.15, -0.1) is 10.2 Å². The Kier molecular flexibility index (Phi) is 8.62. The lowest BCUT2D eigenvalue weighted by Crippen LogP contribution is -2.26. The molecule has 31 heavy (non-hydrogen) atoms. The molecule has 0 saturated carbocycles. The summed E-state index contributed by atoms with van der Waals surface area (Å²) in [5, 5.41) is 14.1. The second-order valence-electron chi connectivity index (χ2n) is 6.12. The lowest BCUT2D eigenvalue weighted by Gasteiger charge is -2.06. The van der Waals surface area contributed by atoms with Crippen molar-refractivity contribution >= 4 is 51.8 Å². The first-order valence-electron chi connectivity index (χ1n) is 9.31. The Hall–Kier alpha value is -2.70. The molecule has 162 valence electrons. The SMILES string of the molecule is CCSc1nnc(NC(=O)CSc2nc(CC(=O)NCc3ccccc3)cc(=O)[nH]2)s1. The summed E-state index contributed by atoms with van der Waals surface area (Å²) in [6, 6.07) is 10.8. The quantitative estimate of drug-likeness (QED) is 0.231. The highest BCUT2D eigenvalue weighted by molar-refractivity contribution is 8.01. The first-order chi connectivity index (χ1) is 15.0. The van der Waals surface area contributed by atoms with E-state index in [-0.39, 0.29) is 34.7 Å². The number of hydrogen-bond acceptors (Lipinski definition) is 9. The van der Waals surface area contributed by atoms with Crippen molar-refractivity contribution in [2.75, 3.05) is 16.8 Å². The molecule has 0 aliphatic rings. The molecule has 0 aliphatic heterocycles. The normalized spacial score (nSPS) is 10.6. The van der Waals surface area contributed by atoms with Gasteiger partial charge in [0.25, 0.3) is 5.56 Å². The summed E-state index contributed by atoms with van der Waals surface area (Å²) in [5.41, 5.74) is 0.935. The van der Waals surface area contributed by atoms with Crippen LogP contribution < -0.4 is 16.2 Å². The van der Waals surface area contributed by atoms with Crippen LogP contribution in [-0.2, 0) is 22.6 Å². The number of benzene rings is 1. The maximum atomic E-state index is 12.2. The lowest BCUT2D eigenvalue weighted by molar-refractivity contribution is -0.120. The van der Waals surface area contributed by atoms with Crippen LogP contribution in [0.2, 0.25) is 0 Å². The number of aromatic nitrogens is 4. The Morgan fingerprint density at radius 1 is 1.13 bits per heavy atom. The fourth-order valence-corrected chi connectivity index (χ4v) is 4.76. The van der Waals surface area contributed by atoms with Gasteiger partial charge in [0.1, 0.15) is 0 Å². The van der Waals surface area contributed by atoms with Gasteiger partial charge in [0, 0.05) is 12.6 Å². The third-order valence-corrected chi connectivity index (χ3v) is 6.44. The number of nitrogens with one attached hydrogen (secondary N) is 3. The smallest absolute Gasteiger partial charge is 0.251 e. The number of thioether (sulfide) groups is 2. The Morgan fingerprint density at radius 2 is 1.94 bits per heavy atom. The number of hydrogen-bond donors (Lipinski definition) is 3. The van der Waals surface area contributed by atoms with Gasteiger partial charge in [0.15, 0.2) is 9.50 Å². The molecular formula is C19H20N6O3S3. The fourth-order valence-electron chi connectivity index (χ4n) is 2.40. The molecule has 9 nitrogen and oxygen atoms in total. The number of rotatable bonds is 10. The van der Waals surface area contributed by atoms with Gasteiger partial charge in [-0.3, -0.25) is 19.7 Å². The summed E-state index contributed by atoms with van der Waals surface area (Å²) in [6.45, 7) is 2.41. The van der Waals surface area contributed by atoms with Gasteiger partial charge < -0.3 is 10.3 Å². The minimum Gasteiger partial charge on any atom is -0.352 e. The van der Waals surface area contributed by atoms with Gasteiger partial charge in [0.2, 0.25) is 16.9 Å². The first-order valence-corrected chi connectivity index (χ1v) is 12.1. The highest BCUT2D eigenvalue weighted by Gasteiger charge is 2.12. The number of nitrogens with zero attached hydrogens (tertiary/aromatic N) is 3. The van der Waals surface area contributed by atoms with E-state index in [1.807, 2.05) is 37.3 Å². The zero-order chi connectivity index (χ0) is 22.1. The standard InChI is InChI=1S/C19H20N6O3S3/c1-2-29-19-25-24-18(31-19)23-16(28)11-30-17-21-13(9-15(27)22-17)8-14(26)20-10-12-6-4-3-5-7-12/h3-7,9H,2,8,10-11H2,1H3,(H,20,26)(H,21,22,27)(H,23,24,28). The average molecular weight is 477 g/mol. The lowest BCUT2D eigenvalue weighted by atomic mass is 10.2. The summed E-state index contributed by atoms with van der Waals surface area (Å²) in [4.78, 5) is 43.1. The van der Waals surface area contributed by atoms with Gasteiger partial charge in [0.05, 0.1) is 17.9 Å². The van der Waals surface area contributed by atoms with E-state index in [2.05, 4.69) is 30.8 Å². The van der Waals surface area contributed by atoms with Gasteiger partial charge >= 0.3 is 0 Å². The molecule has 0 unspecified atom stereocenters. The highest BCUT2D eigenvalue weighted by atomic mass is 32.2. The van der Waals surface area contributed by atoms with Crippen molar-refractivity contribution in [3.05, 3.63) is 58.0 Å². The maximum Gasteiger partial charge on any atom is 0.251 e. The minimum atomic E-state index is -0.380. The molecule has 0 fully saturated rings. The van der Waals surface area contributed by atoms with Crippen LogP contribution in [0.15, 0.2) is 50.7 Å². The summed E-state index contributed by atoms with van der Waals surface area (Å²) >= 11 is 3.92. The van der Waals surface area contributed by atoms with E-state index < -0.39 is 0 Å². The number of carbonyl (C=O) groups excluding carboxylic acids is 2. The van der Waals surface area contributed by atoms with Crippen LogP contribution in [0.4, 0.5) is 5.13 Å². The molecule has 0 aliphatic carbocycles. The molecule has 2 aromatic heterocycles. The Morgan fingerprint density at radius 3 is 2.71 bits per heavy atom. The van der Waals surface area contributed by atoms with Crippen LogP contribution in [0.5, 0.6) is 0 Å². The molecule has 3 N–H and O–H groups in total. The molecule has 1 aromatic carbocycles. The van der Waals surface area contributed by atoms with Crippen LogP contribution in [0.1, 0.15) is 18.2 Å². The number of anilines is 1. The molecule has 0 spiro atoms. The zero-order valence-corrected chi connectivity index (χ0v) is 19.0. The van der Waals surface area contributed by atoms with E-state index in [9.17, 15) is 14.4 Å². The van der Waals surface area contributed by atoms with Crippen molar-refractivity contribution in [1.29, 1.82) is 0 Å². The molecular weight excluding hydrogens is 456 g/mol. The van der Waals surface area contributed by atoms with Gasteiger partial charge in [-0.2, -0.15) is 0 Å². The predicted molar refractivity (Wildman–Crippen MR) is 123 cm³/mol. The summed E-state index contributed by atoms with van der Waals surface area (Å²) in [5.74, 6) is 0.371. The average Bonchev–Trinajstić information content (AvgIpc) is 3.18. The molecule has 12 heteroatoms. The molecule has 0 atom stereocenters. The van der Waals surface area contributed by atoms with Crippen LogP contribution in [0, 0.1) is 0 Å². The van der Waals surface area contributed by atoms with E-state index in [0.29, 0.717) is 17.4 Å². The van der Waals surface area contributed by atoms with E-state index in [1.54, 1.807) is 11.8 Å². The Labute approximate surface area is 190 Å². The third kappa shape index (κ3) is 7.81. The van der Waals surface area contributed by atoms with Crippen molar-refractivity contribution in [1.82, 2.24) is 25.5 Å². The van der Waals surface area contributed by atoms with Crippen molar-refractivity contribution in [3.8, 4) is 0 Å². The number of amides is 2. The number of H-pyrrole nitrogens is 1. The van der Waals surface area contributed by atoms with Crippen molar-refractivity contribution in [3.63, 3.8) is 0 Å². The van der Waals surface area contributed by atoms with Crippen molar-refractivity contribution in [2.45, 2.75) is 29.4 Å². The van der Waals surface area contributed by atoms with Crippen LogP contribution in [0.3, 0.4) is 0 Å². The fraction of sp³-hybridized carbons (Fsp3) is 0.263.